The first-order valence-electron chi connectivity index (χ1n) is 11.9. The molecule has 2 heterocycles. The van der Waals surface area contributed by atoms with Gasteiger partial charge in [-0.15, -0.1) is 10.2 Å². The molecule has 0 amide bonds. The average Bonchev–Trinajstić information content (AvgIpc) is 3.49. The molecule has 2 aromatic heterocycles. The number of rotatable bonds is 11. The minimum absolute atomic E-state index is 0.0231. The molecule has 4 aromatic rings. The second-order valence-corrected chi connectivity index (χ2v) is 9.11. The van der Waals surface area contributed by atoms with E-state index in [1.54, 1.807) is 44.0 Å². The largest absolute Gasteiger partial charge is 0.497 e. The van der Waals surface area contributed by atoms with Crippen LogP contribution in [0.25, 0.3) is 28.4 Å². The first-order chi connectivity index (χ1) is 18.4. The fraction of sp³-hybridized carbons (Fsp3) is 0.259. The molecule has 0 aliphatic rings. The number of esters is 1. The van der Waals surface area contributed by atoms with Crippen LogP contribution in [0, 0.1) is 0 Å². The van der Waals surface area contributed by atoms with Crippen molar-refractivity contribution in [3.63, 3.8) is 0 Å². The van der Waals surface area contributed by atoms with Crippen LogP contribution < -0.4 is 9.47 Å². The number of carbonyl (C=O) groups excluding carboxylic acids is 1. The summed E-state index contributed by atoms with van der Waals surface area (Å²) in [5.74, 6) is 0.291. The number of para-hydroxylation sites is 1. The van der Waals surface area contributed by atoms with Crippen molar-refractivity contribution in [1.29, 1.82) is 0 Å². The van der Waals surface area contributed by atoms with Crippen molar-refractivity contribution in [3.05, 3.63) is 59.1 Å². The van der Waals surface area contributed by atoms with Crippen LogP contribution in [0.2, 0.25) is 0 Å². The van der Waals surface area contributed by atoms with E-state index in [9.17, 15) is 14.7 Å². The molecule has 11 heteroatoms. The quantitative estimate of drug-likeness (QED) is 0.165. The minimum atomic E-state index is -1.10. The molecule has 1 N–H and O–H groups in total. The lowest BCUT2D eigenvalue weighted by atomic mass is 10.1. The van der Waals surface area contributed by atoms with Gasteiger partial charge in [0.1, 0.15) is 22.9 Å². The standard InChI is InChI=1S/C27H28N4O6S/c1-5-31-25(17-11-19(35-3)14-20(12-17)36-4)28-29-27(31)38-23(26(33)34)13-18-15-30(16-24(32)37-6-2)22-10-8-7-9-21(18)22/h7-15H,5-6,16H2,1-4H3,(H,33,34)/b23-13-. The number of carbonyl (C=O) groups is 2. The third kappa shape index (κ3) is 5.67. The number of carboxylic acids is 1. The van der Waals surface area contributed by atoms with Crippen molar-refractivity contribution in [2.75, 3.05) is 20.8 Å². The second kappa shape index (κ2) is 11.9. The zero-order valence-electron chi connectivity index (χ0n) is 21.5. The molecule has 4 rings (SSSR count). The SMILES string of the molecule is CCOC(=O)Cn1cc(/C=C(\Sc2nnc(-c3cc(OC)cc(OC)c3)n2CC)C(=O)O)c2ccccc21. The Balaban J connectivity index is 1.72. The highest BCUT2D eigenvalue weighted by Gasteiger charge is 2.20. The molecule has 0 fully saturated rings. The summed E-state index contributed by atoms with van der Waals surface area (Å²) >= 11 is 1.01. The van der Waals surface area contributed by atoms with Crippen LogP contribution in [0.3, 0.4) is 0 Å². The Morgan fingerprint density at radius 1 is 1.05 bits per heavy atom. The summed E-state index contributed by atoms with van der Waals surface area (Å²) in [6.45, 7) is 4.50. The Morgan fingerprint density at radius 3 is 2.39 bits per heavy atom. The molecule has 0 saturated heterocycles. The second-order valence-electron chi connectivity index (χ2n) is 8.10. The van der Waals surface area contributed by atoms with E-state index in [1.807, 2.05) is 47.9 Å². The lowest BCUT2D eigenvalue weighted by molar-refractivity contribution is -0.143. The lowest BCUT2D eigenvalue weighted by Gasteiger charge is -2.10. The highest BCUT2D eigenvalue weighted by atomic mass is 32.2. The minimum Gasteiger partial charge on any atom is -0.497 e. The molecule has 0 spiro atoms. The summed E-state index contributed by atoms with van der Waals surface area (Å²) in [5, 5.41) is 19.9. The Kier molecular flexibility index (Phi) is 8.37. The van der Waals surface area contributed by atoms with Gasteiger partial charge in [-0.2, -0.15) is 0 Å². The number of aliphatic carboxylic acids is 1. The van der Waals surface area contributed by atoms with Crippen LogP contribution in [0.15, 0.2) is 58.7 Å². The predicted octanol–water partition coefficient (Wildman–Crippen LogP) is 4.72. The molecule has 0 bridgehead atoms. The molecule has 10 nitrogen and oxygen atoms in total. The predicted molar refractivity (Wildman–Crippen MR) is 144 cm³/mol. The van der Waals surface area contributed by atoms with Gasteiger partial charge in [-0.25, -0.2) is 4.79 Å². The summed E-state index contributed by atoms with van der Waals surface area (Å²) < 4.78 is 19.4. The molecule has 0 unspecified atom stereocenters. The topological polar surface area (TPSA) is 118 Å². The van der Waals surface area contributed by atoms with Gasteiger partial charge < -0.3 is 28.5 Å². The van der Waals surface area contributed by atoms with Gasteiger partial charge in [0.05, 0.1) is 20.8 Å². The van der Waals surface area contributed by atoms with E-state index in [1.165, 1.54) is 0 Å². The summed E-state index contributed by atoms with van der Waals surface area (Å²) in [5.41, 5.74) is 2.19. The van der Waals surface area contributed by atoms with Crippen molar-refractivity contribution in [1.82, 2.24) is 19.3 Å². The van der Waals surface area contributed by atoms with Crippen LogP contribution in [0.5, 0.6) is 11.5 Å². The molecule has 0 aliphatic carbocycles. The number of hydrogen-bond acceptors (Lipinski definition) is 8. The maximum atomic E-state index is 12.3. The fourth-order valence-electron chi connectivity index (χ4n) is 4.04. The number of aromatic nitrogens is 4. The summed E-state index contributed by atoms with van der Waals surface area (Å²) in [6, 6.07) is 12.9. The van der Waals surface area contributed by atoms with Gasteiger partial charge in [0.25, 0.3) is 0 Å². The number of hydrogen-bond donors (Lipinski definition) is 1. The van der Waals surface area contributed by atoms with Crippen molar-refractivity contribution in [2.24, 2.45) is 0 Å². The van der Waals surface area contributed by atoms with Gasteiger partial charge in [0.2, 0.25) is 0 Å². The van der Waals surface area contributed by atoms with Crippen LogP contribution in [-0.4, -0.2) is 57.2 Å². The van der Waals surface area contributed by atoms with Gasteiger partial charge in [-0.1, -0.05) is 18.2 Å². The van der Waals surface area contributed by atoms with Crippen LogP contribution in [0.1, 0.15) is 19.4 Å². The van der Waals surface area contributed by atoms with Gasteiger partial charge in [-0.3, -0.25) is 4.79 Å². The monoisotopic (exact) mass is 536 g/mol. The third-order valence-corrected chi connectivity index (χ3v) is 6.76. The molecule has 0 radical (unpaired) electrons. The van der Waals surface area contributed by atoms with E-state index >= 15 is 0 Å². The van der Waals surface area contributed by atoms with Gasteiger partial charge >= 0.3 is 11.9 Å². The normalized spacial score (nSPS) is 11.5. The maximum absolute atomic E-state index is 12.3. The first kappa shape index (κ1) is 26.8. The summed E-state index contributed by atoms with van der Waals surface area (Å²) in [6.07, 6.45) is 3.34. The van der Waals surface area contributed by atoms with E-state index in [2.05, 4.69) is 10.2 Å². The number of methoxy groups -OCH3 is 2. The summed E-state index contributed by atoms with van der Waals surface area (Å²) in [4.78, 5) is 24.5. The molecular formula is C27H28N4O6S. The summed E-state index contributed by atoms with van der Waals surface area (Å²) in [7, 11) is 3.13. The fourth-order valence-corrected chi connectivity index (χ4v) is 4.92. The van der Waals surface area contributed by atoms with Crippen molar-refractivity contribution in [2.45, 2.75) is 32.1 Å². The van der Waals surface area contributed by atoms with Crippen molar-refractivity contribution in [3.8, 4) is 22.9 Å². The Labute approximate surface area is 223 Å². The molecule has 0 atom stereocenters. The smallest absolute Gasteiger partial charge is 0.342 e. The Bertz CT molecular complexity index is 1480. The number of carboxylic acid groups (broad SMARTS) is 1. The van der Waals surface area contributed by atoms with Gasteiger partial charge in [-0.05, 0) is 49.9 Å². The molecule has 38 heavy (non-hydrogen) atoms. The first-order valence-corrected chi connectivity index (χ1v) is 12.7. The van der Waals surface area contributed by atoms with Crippen LogP contribution >= 0.6 is 11.8 Å². The van der Waals surface area contributed by atoms with Crippen molar-refractivity contribution >= 4 is 40.7 Å². The zero-order valence-corrected chi connectivity index (χ0v) is 22.3. The van der Waals surface area contributed by atoms with Crippen LogP contribution in [0.4, 0.5) is 0 Å². The molecule has 0 aliphatic heterocycles. The molecule has 2 aromatic carbocycles. The number of ether oxygens (including phenoxy) is 3. The Morgan fingerprint density at radius 2 is 1.76 bits per heavy atom. The number of nitrogens with zero attached hydrogens (tertiary/aromatic N) is 4. The van der Waals surface area contributed by atoms with Gasteiger partial charge in [0.15, 0.2) is 11.0 Å². The molecular weight excluding hydrogens is 508 g/mol. The maximum Gasteiger partial charge on any atom is 0.342 e. The highest BCUT2D eigenvalue weighted by Crippen LogP contribution is 2.34. The van der Waals surface area contributed by atoms with E-state index in [0.717, 1.165) is 28.2 Å². The Hall–Kier alpha value is -4.25. The highest BCUT2D eigenvalue weighted by molar-refractivity contribution is 8.04. The van der Waals surface area contributed by atoms with E-state index in [-0.39, 0.29) is 24.0 Å². The number of fused-ring (bicyclic) bond motifs is 1. The van der Waals surface area contributed by atoms with Crippen LogP contribution in [-0.2, 0) is 27.4 Å². The third-order valence-electron chi connectivity index (χ3n) is 5.77. The zero-order chi connectivity index (χ0) is 27.2. The van der Waals surface area contributed by atoms with Gasteiger partial charge in [0, 0.05) is 40.8 Å². The average molecular weight is 537 g/mol. The lowest BCUT2D eigenvalue weighted by Crippen LogP contribution is -2.12. The molecule has 198 valence electrons. The van der Waals surface area contributed by atoms with E-state index in [4.69, 9.17) is 14.2 Å². The van der Waals surface area contributed by atoms with E-state index < -0.39 is 5.97 Å². The number of benzene rings is 2. The van der Waals surface area contributed by atoms with E-state index in [0.29, 0.717) is 34.6 Å². The van der Waals surface area contributed by atoms with Crippen molar-refractivity contribution < 1.29 is 28.9 Å². The molecule has 0 saturated carbocycles. The number of thioether (sulfide) groups is 1.